The predicted molar refractivity (Wildman–Crippen MR) is 246 cm³/mol. The Labute approximate surface area is 363 Å². The minimum atomic E-state index is -0.969. The van der Waals surface area contributed by atoms with Gasteiger partial charge in [-0.15, -0.1) is 0 Å². The van der Waals surface area contributed by atoms with E-state index in [4.69, 9.17) is 9.47 Å². The molecule has 0 aromatic heterocycles. The van der Waals surface area contributed by atoms with Gasteiger partial charge in [0.05, 0.1) is 37.3 Å². The van der Waals surface area contributed by atoms with Gasteiger partial charge in [-0.25, -0.2) is 0 Å². The molecule has 9 heteroatoms. The molecule has 0 fully saturated rings. The van der Waals surface area contributed by atoms with Crippen molar-refractivity contribution in [2.75, 3.05) is 26.3 Å². The lowest BCUT2D eigenvalue weighted by Gasteiger charge is -2.44. The number of amides is 2. The van der Waals surface area contributed by atoms with Crippen LogP contribution in [0.2, 0.25) is 0 Å². The Balaban J connectivity index is 1.52. The van der Waals surface area contributed by atoms with Gasteiger partial charge >= 0.3 is 5.97 Å². The Morgan fingerprint density at radius 1 is 0.800 bits per heavy atom. The van der Waals surface area contributed by atoms with E-state index in [1.165, 1.54) is 5.57 Å². The van der Waals surface area contributed by atoms with Gasteiger partial charge in [0.1, 0.15) is 6.10 Å². The summed E-state index contributed by atoms with van der Waals surface area (Å²) in [6.07, 6.45) is 40.2. The van der Waals surface area contributed by atoms with Crippen LogP contribution in [-0.2, 0) is 23.9 Å². The normalized spacial score (nSPS) is 22.0. The maximum atomic E-state index is 13.1. The van der Waals surface area contributed by atoms with Crippen LogP contribution < -0.4 is 10.6 Å². The first-order valence-electron chi connectivity index (χ1n) is 22.9. The Hall–Kier alpha value is -3.79. The van der Waals surface area contributed by atoms with Gasteiger partial charge in [0.15, 0.2) is 0 Å². The van der Waals surface area contributed by atoms with Crippen LogP contribution in [-0.4, -0.2) is 72.6 Å². The number of fused-ring (bicyclic) bond motifs is 1. The van der Waals surface area contributed by atoms with Gasteiger partial charge in [-0.2, -0.15) is 0 Å². The number of hydrogen-bond acceptors (Lipinski definition) is 7. The fourth-order valence-corrected chi connectivity index (χ4v) is 7.42. The molecule has 0 radical (unpaired) electrons. The highest BCUT2D eigenvalue weighted by Crippen LogP contribution is 2.45. The van der Waals surface area contributed by atoms with Crippen LogP contribution in [0.15, 0.2) is 96.7 Å². The topological polar surface area (TPSA) is 134 Å². The van der Waals surface area contributed by atoms with Gasteiger partial charge in [-0.05, 0) is 114 Å². The molecule has 0 bridgehead atoms. The number of carbonyl (C=O) groups is 3. The van der Waals surface area contributed by atoms with Crippen LogP contribution in [0.1, 0.15) is 131 Å². The summed E-state index contributed by atoms with van der Waals surface area (Å²) in [5.74, 6) is 0.314. The molecule has 0 spiro atoms. The summed E-state index contributed by atoms with van der Waals surface area (Å²) in [7, 11) is 0. The largest absolute Gasteiger partial charge is 0.461 e. The first-order chi connectivity index (χ1) is 28.9. The maximum Gasteiger partial charge on any atom is 0.311 e. The van der Waals surface area contributed by atoms with E-state index in [1.54, 1.807) is 0 Å². The summed E-state index contributed by atoms with van der Waals surface area (Å²) >= 11 is 0. The molecule has 0 saturated heterocycles. The molecule has 2 amide bonds. The van der Waals surface area contributed by atoms with Crippen molar-refractivity contribution in [3.05, 3.63) is 96.7 Å². The van der Waals surface area contributed by atoms with Gasteiger partial charge in [0, 0.05) is 25.4 Å². The van der Waals surface area contributed by atoms with Crippen molar-refractivity contribution in [2.45, 2.75) is 150 Å². The molecule has 7 unspecified atom stereocenters. The molecular weight excluding hydrogens is 753 g/mol. The molecule has 2 rings (SSSR count). The van der Waals surface area contributed by atoms with E-state index in [1.807, 2.05) is 26.8 Å². The first kappa shape index (κ1) is 52.3. The Bertz CT molecular complexity index is 1490. The van der Waals surface area contributed by atoms with Crippen LogP contribution >= 0.6 is 0 Å². The van der Waals surface area contributed by atoms with Crippen molar-refractivity contribution in [1.82, 2.24) is 10.6 Å². The third-order valence-corrected chi connectivity index (χ3v) is 11.4. The highest BCUT2D eigenvalue weighted by molar-refractivity contribution is 5.77. The fraction of sp³-hybridized carbons (Fsp3) is 0.627. The van der Waals surface area contributed by atoms with Crippen molar-refractivity contribution in [3.63, 3.8) is 0 Å². The zero-order valence-electron chi connectivity index (χ0n) is 37.9. The second kappa shape index (κ2) is 31.1. The number of nitrogens with one attached hydrogen (secondary N) is 2. The minimum Gasteiger partial charge on any atom is -0.461 e. The SMILES string of the molecule is CCC=CCC=CCC=CCC=CCC=CCC=CCCC(=O)NCCOCCNC(=O)CC(O)CC(O)CCC1C(C)C=CC2=CC(C)CC(OC(=O)C(C)(C)CC)C21. The summed E-state index contributed by atoms with van der Waals surface area (Å²) in [6, 6.07) is 0. The van der Waals surface area contributed by atoms with Crippen LogP contribution in [0, 0.1) is 29.1 Å². The number of esters is 1. The zero-order valence-corrected chi connectivity index (χ0v) is 37.9. The molecule has 0 saturated carbocycles. The zero-order chi connectivity index (χ0) is 44.0. The number of hydrogen-bond donors (Lipinski definition) is 4. The molecule has 2 aliphatic carbocycles. The molecule has 0 aliphatic heterocycles. The predicted octanol–water partition coefficient (Wildman–Crippen LogP) is 9.75. The van der Waals surface area contributed by atoms with Crippen molar-refractivity contribution in [3.8, 4) is 0 Å². The van der Waals surface area contributed by atoms with E-state index >= 15 is 0 Å². The standard InChI is InChI=1S/C51H80N2O7/c1-7-9-10-11-12-13-14-15-16-17-18-19-20-21-22-23-24-25-26-27-47(56)52-32-34-59-35-33-53-48(57)39-44(55)38-43(54)30-31-45-41(4)28-29-42-36-40(3)37-46(49(42)45)60-50(58)51(5,6)8-2/h9-10,12-13,15-16,18-19,21-22,24-25,28-29,36,40-41,43-46,49,54-55H,7-8,11,14,17,20,23,26-27,30-35,37-39H2,1-6H3,(H,52,56)(H,53,57). The third kappa shape index (κ3) is 22.7. The molecule has 0 heterocycles. The van der Waals surface area contributed by atoms with E-state index in [2.05, 4.69) is 116 Å². The second-order valence-electron chi connectivity index (χ2n) is 17.1. The quantitative estimate of drug-likeness (QED) is 0.0322. The van der Waals surface area contributed by atoms with Crippen LogP contribution in [0.3, 0.4) is 0 Å². The Morgan fingerprint density at radius 3 is 1.92 bits per heavy atom. The lowest BCUT2D eigenvalue weighted by atomic mass is 9.65. The van der Waals surface area contributed by atoms with Gasteiger partial charge < -0.3 is 30.3 Å². The molecule has 60 heavy (non-hydrogen) atoms. The average Bonchev–Trinajstić information content (AvgIpc) is 3.20. The van der Waals surface area contributed by atoms with Crippen LogP contribution in [0.5, 0.6) is 0 Å². The van der Waals surface area contributed by atoms with Crippen molar-refractivity contribution >= 4 is 17.8 Å². The van der Waals surface area contributed by atoms with E-state index in [0.29, 0.717) is 51.2 Å². The van der Waals surface area contributed by atoms with E-state index in [0.717, 1.165) is 44.9 Å². The second-order valence-corrected chi connectivity index (χ2v) is 17.1. The fourth-order valence-electron chi connectivity index (χ4n) is 7.42. The van der Waals surface area contributed by atoms with E-state index < -0.39 is 17.6 Å². The number of aliphatic hydroxyl groups is 2. The van der Waals surface area contributed by atoms with Crippen LogP contribution in [0.25, 0.3) is 0 Å². The number of allylic oxidation sites excluding steroid dienone is 15. The molecule has 0 aromatic carbocycles. The lowest BCUT2D eigenvalue weighted by Crippen LogP contribution is -2.43. The number of carbonyl (C=O) groups excluding carboxylic acids is 3. The molecule has 4 N–H and O–H groups in total. The summed E-state index contributed by atoms with van der Waals surface area (Å²) in [5, 5.41) is 27.1. The van der Waals surface area contributed by atoms with Crippen molar-refractivity contribution < 1.29 is 34.1 Å². The average molecular weight is 833 g/mol. The first-order valence-corrected chi connectivity index (χ1v) is 22.9. The molecule has 0 aromatic rings. The number of rotatable bonds is 30. The third-order valence-electron chi connectivity index (χ3n) is 11.4. The summed E-state index contributed by atoms with van der Waals surface area (Å²) in [5.41, 5.74) is 0.662. The smallest absolute Gasteiger partial charge is 0.311 e. The van der Waals surface area contributed by atoms with Crippen LogP contribution in [0.4, 0.5) is 0 Å². The van der Waals surface area contributed by atoms with Crippen molar-refractivity contribution in [2.24, 2.45) is 29.1 Å². The summed E-state index contributed by atoms with van der Waals surface area (Å²) in [4.78, 5) is 37.6. The highest BCUT2D eigenvalue weighted by atomic mass is 16.5. The molecule has 9 nitrogen and oxygen atoms in total. The minimum absolute atomic E-state index is 0.0286. The number of aliphatic hydroxyl groups excluding tert-OH is 2. The van der Waals surface area contributed by atoms with Gasteiger partial charge in [-0.3, -0.25) is 14.4 Å². The molecule has 336 valence electrons. The summed E-state index contributed by atoms with van der Waals surface area (Å²) < 4.78 is 11.7. The molecule has 2 aliphatic rings. The number of ether oxygens (including phenoxy) is 2. The van der Waals surface area contributed by atoms with E-state index in [-0.39, 0.29) is 67.6 Å². The van der Waals surface area contributed by atoms with E-state index in [9.17, 15) is 24.6 Å². The van der Waals surface area contributed by atoms with Gasteiger partial charge in [-0.1, -0.05) is 119 Å². The molecular formula is C51H80N2O7. The monoisotopic (exact) mass is 833 g/mol. The highest BCUT2D eigenvalue weighted by Gasteiger charge is 2.43. The van der Waals surface area contributed by atoms with Gasteiger partial charge in [0.2, 0.25) is 11.8 Å². The maximum absolute atomic E-state index is 13.1. The lowest BCUT2D eigenvalue weighted by molar-refractivity contribution is -0.164. The van der Waals surface area contributed by atoms with Crippen molar-refractivity contribution in [1.29, 1.82) is 0 Å². The molecule has 7 atom stereocenters. The Kier molecular flexibility index (Phi) is 27.1. The summed E-state index contributed by atoms with van der Waals surface area (Å²) in [6.45, 7) is 13.6. The van der Waals surface area contributed by atoms with Gasteiger partial charge in [0.25, 0.3) is 0 Å². The Morgan fingerprint density at radius 2 is 1.35 bits per heavy atom.